The lowest BCUT2D eigenvalue weighted by atomic mass is 10.1. The van der Waals surface area contributed by atoms with Crippen LogP contribution in [0.15, 0.2) is 24.8 Å². The molecule has 0 radical (unpaired) electrons. The Morgan fingerprint density at radius 2 is 2.21 bits per heavy atom. The van der Waals surface area contributed by atoms with Crippen LogP contribution in [-0.4, -0.2) is 60.6 Å². The van der Waals surface area contributed by atoms with Crippen molar-refractivity contribution < 1.29 is 14.6 Å². The number of ether oxygens (including phenoxy) is 1. The lowest BCUT2D eigenvalue weighted by Gasteiger charge is -2.38. The number of rotatable bonds is 3. The molecule has 1 unspecified atom stereocenters. The predicted octanol–water partition coefficient (Wildman–Crippen LogP) is 0.834. The van der Waals surface area contributed by atoms with Crippen molar-refractivity contribution in [3.05, 3.63) is 24.8 Å². The number of carboxylic acid groups (broad SMARTS) is 1. The summed E-state index contributed by atoms with van der Waals surface area (Å²) in [4.78, 5) is 21.2. The number of nitrogens with two attached hydrogens (primary N) is 1. The first kappa shape index (κ1) is 14.9. The van der Waals surface area contributed by atoms with Crippen LogP contribution in [0.2, 0.25) is 0 Å². The Morgan fingerprint density at radius 1 is 1.38 bits per heavy atom. The van der Waals surface area contributed by atoms with E-state index < -0.39 is 6.09 Å². The Labute approximate surface area is 138 Å². The third-order valence-electron chi connectivity index (χ3n) is 4.60. The maximum Gasteiger partial charge on any atom is 0.407 e. The van der Waals surface area contributed by atoms with E-state index in [0.717, 1.165) is 18.4 Å². The normalized spacial score (nSPS) is 21.8. The van der Waals surface area contributed by atoms with Gasteiger partial charge in [0.2, 0.25) is 0 Å². The Kier molecular flexibility index (Phi) is 3.38. The summed E-state index contributed by atoms with van der Waals surface area (Å²) in [6.07, 6.45) is 7.31. The molecule has 2 aromatic heterocycles. The standard InChI is InChI=1S/C15H18N6O3/c16-13-5-17-12(4-18-13)10-3-19-20(6-10)7-11-8-21(14(22)23)15(1-2-15)9-24-11/h3-6,11H,1-2,7-9H2,(H2,16,18)(H,22,23). The molecule has 1 saturated heterocycles. The van der Waals surface area contributed by atoms with E-state index >= 15 is 0 Å². The van der Waals surface area contributed by atoms with Crippen LogP contribution in [-0.2, 0) is 11.3 Å². The summed E-state index contributed by atoms with van der Waals surface area (Å²) in [5, 5.41) is 13.7. The Balaban J connectivity index is 1.44. The number of amides is 1. The molecule has 0 aromatic carbocycles. The van der Waals surface area contributed by atoms with Crippen molar-refractivity contribution in [3.8, 4) is 11.3 Å². The highest BCUT2D eigenvalue weighted by Crippen LogP contribution is 2.44. The van der Waals surface area contributed by atoms with E-state index in [1.54, 1.807) is 17.1 Å². The van der Waals surface area contributed by atoms with E-state index in [1.807, 2.05) is 6.20 Å². The summed E-state index contributed by atoms with van der Waals surface area (Å²) in [7, 11) is 0. The van der Waals surface area contributed by atoms with Crippen molar-refractivity contribution in [2.45, 2.75) is 31.0 Å². The third-order valence-corrected chi connectivity index (χ3v) is 4.60. The molecule has 1 aliphatic carbocycles. The van der Waals surface area contributed by atoms with E-state index in [2.05, 4.69) is 15.1 Å². The molecule has 3 heterocycles. The summed E-state index contributed by atoms with van der Waals surface area (Å²) in [6, 6.07) is 0. The number of anilines is 1. The highest BCUT2D eigenvalue weighted by molar-refractivity contribution is 5.67. The summed E-state index contributed by atoms with van der Waals surface area (Å²) in [5.41, 5.74) is 6.76. The van der Waals surface area contributed by atoms with Gasteiger partial charge in [-0.05, 0) is 12.8 Å². The zero-order chi connectivity index (χ0) is 16.7. The molecular formula is C15H18N6O3. The highest BCUT2D eigenvalue weighted by atomic mass is 16.5. The Bertz CT molecular complexity index is 755. The van der Waals surface area contributed by atoms with Crippen molar-refractivity contribution in [1.82, 2.24) is 24.6 Å². The molecule has 1 spiro atoms. The van der Waals surface area contributed by atoms with Gasteiger partial charge in [-0.15, -0.1) is 0 Å². The summed E-state index contributed by atoms with van der Waals surface area (Å²) < 4.78 is 7.60. The number of hydrogen-bond donors (Lipinski definition) is 2. The van der Waals surface area contributed by atoms with Crippen LogP contribution in [0.3, 0.4) is 0 Å². The van der Waals surface area contributed by atoms with Crippen molar-refractivity contribution in [2.24, 2.45) is 0 Å². The number of aromatic nitrogens is 4. The molecule has 1 saturated carbocycles. The molecule has 2 fully saturated rings. The van der Waals surface area contributed by atoms with Gasteiger partial charge in [0.1, 0.15) is 5.82 Å². The van der Waals surface area contributed by atoms with Gasteiger partial charge in [0.25, 0.3) is 0 Å². The number of nitrogen functional groups attached to an aromatic ring is 1. The molecule has 1 aliphatic heterocycles. The second kappa shape index (κ2) is 5.45. The minimum absolute atomic E-state index is 0.211. The number of morpholine rings is 1. The maximum atomic E-state index is 11.4. The number of nitrogens with zero attached hydrogens (tertiary/aromatic N) is 5. The van der Waals surface area contributed by atoms with E-state index in [-0.39, 0.29) is 11.6 Å². The van der Waals surface area contributed by atoms with Crippen molar-refractivity contribution in [3.63, 3.8) is 0 Å². The van der Waals surface area contributed by atoms with E-state index in [4.69, 9.17) is 10.5 Å². The van der Waals surface area contributed by atoms with Crippen molar-refractivity contribution in [1.29, 1.82) is 0 Å². The maximum absolute atomic E-state index is 11.4. The summed E-state index contributed by atoms with van der Waals surface area (Å²) in [5.74, 6) is 0.365. The smallest absolute Gasteiger partial charge is 0.407 e. The molecule has 3 N–H and O–H groups in total. The van der Waals surface area contributed by atoms with Gasteiger partial charge in [-0.3, -0.25) is 14.6 Å². The van der Waals surface area contributed by atoms with E-state index in [0.29, 0.717) is 31.2 Å². The Morgan fingerprint density at radius 3 is 2.88 bits per heavy atom. The lowest BCUT2D eigenvalue weighted by Crippen LogP contribution is -2.54. The summed E-state index contributed by atoms with van der Waals surface area (Å²) >= 11 is 0. The van der Waals surface area contributed by atoms with Crippen LogP contribution in [0.4, 0.5) is 10.6 Å². The zero-order valence-electron chi connectivity index (χ0n) is 13.0. The lowest BCUT2D eigenvalue weighted by molar-refractivity contribution is -0.0704. The predicted molar refractivity (Wildman–Crippen MR) is 84.1 cm³/mol. The van der Waals surface area contributed by atoms with Crippen LogP contribution < -0.4 is 5.73 Å². The summed E-state index contributed by atoms with van der Waals surface area (Å²) in [6.45, 7) is 1.32. The van der Waals surface area contributed by atoms with Crippen LogP contribution in [0.1, 0.15) is 12.8 Å². The average Bonchev–Trinajstić information content (AvgIpc) is 3.18. The van der Waals surface area contributed by atoms with Crippen LogP contribution in [0, 0.1) is 0 Å². The van der Waals surface area contributed by atoms with Gasteiger partial charge >= 0.3 is 6.09 Å². The molecular weight excluding hydrogens is 312 g/mol. The van der Waals surface area contributed by atoms with E-state index in [9.17, 15) is 9.90 Å². The first-order chi connectivity index (χ1) is 11.6. The Hall–Kier alpha value is -2.68. The number of carbonyl (C=O) groups is 1. The van der Waals surface area contributed by atoms with Gasteiger partial charge in [-0.1, -0.05) is 0 Å². The van der Waals surface area contributed by atoms with Crippen molar-refractivity contribution >= 4 is 11.9 Å². The molecule has 1 atom stereocenters. The fourth-order valence-electron chi connectivity index (χ4n) is 3.04. The van der Waals surface area contributed by atoms with Gasteiger partial charge in [0.15, 0.2) is 0 Å². The SMILES string of the molecule is Nc1cnc(-c2cnn(CC3CN(C(=O)O)C4(CC4)CO3)c2)cn1. The molecule has 9 nitrogen and oxygen atoms in total. The average molecular weight is 330 g/mol. The van der Waals surface area contributed by atoms with E-state index in [1.165, 1.54) is 11.1 Å². The fourth-order valence-corrected chi connectivity index (χ4v) is 3.04. The highest BCUT2D eigenvalue weighted by Gasteiger charge is 2.54. The van der Waals surface area contributed by atoms with Gasteiger partial charge in [0.05, 0.1) is 55.6 Å². The first-order valence-corrected chi connectivity index (χ1v) is 7.78. The molecule has 24 heavy (non-hydrogen) atoms. The minimum Gasteiger partial charge on any atom is -0.465 e. The topological polar surface area (TPSA) is 119 Å². The molecule has 2 aliphatic rings. The second-order valence-corrected chi connectivity index (χ2v) is 6.33. The van der Waals surface area contributed by atoms with Gasteiger partial charge in [-0.25, -0.2) is 9.78 Å². The fraction of sp³-hybridized carbons (Fsp3) is 0.467. The first-order valence-electron chi connectivity index (χ1n) is 7.78. The quantitative estimate of drug-likeness (QED) is 0.855. The van der Waals surface area contributed by atoms with Crippen LogP contribution in [0.25, 0.3) is 11.3 Å². The zero-order valence-corrected chi connectivity index (χ0v) is 13.0. The molecule has 4 rings (SSSR count). The monoisotopic (exact) mass is 330 g/mol. The second-order valence-electron chi connectivity index (χ2n) is 6.33. The van der Waals surface area contributed by atoms with Crippen LogP contribution >= 0.6 is 0 Å². The van der Waals surface area contributed by atoms with Gasteiger partial charge in [0, 0.05) is 11.8 Å². The minimum atomic E-state index is -0.876. The third kappa shape index (κ3) is 2.67. The van der Waals surface area contributed by atoms with Gasteiger partial charge < -0.3 is 15.6 Å². The number of hydrogen-bond acceptors (Lipinski definition) is 6. The molecule has 1 amide bonds. The van der Waals surface area contributed by atoms with Gasteiger partial charge in [-0.2, -0.15) is 5.10 Å². The molecule has 0 bridgehead atoms. The molecule has 126 valence electrons. The molecule has 2 aromatic rings. The largest absolute Gasteiger partial charge is 0.465 e. The van der Waals surface area contributed by atoms with Crippen LogP contribution in [0.5, 0.6) is 0 Å². The molecule has 9 heteroatoms. The van der Waals surface area contributed by atoms with Crippen molar-refractivity contribution in [2.75, 3.05) is 18.9 Å².